The molecule has 31 heavy (non-hydrogen) atoms. The molecule has 0 bridgehead atoms. The van der Waals surface area contributed by atoms with Crippen LogP contribution in [0.1, 0.15) is 61.4 Å². The molecule has 2 aliphatic carbocycles. The van der Waals surface area contributed by atoms with Gasteiger partial charge in [-0.1, -0.05) is 36.7 Å². The Morgan fingerprint density at radius 2 is 1.87 bits per heavy atom. The molecule has 1 aromatic heterocycles. The lowest BCUT2D eigenvalue weighted by Crippen LogP contribution is -2.28. The van der Waals surface area contributed by atoms with Crippen LogP contribution in [0.4, 0.5) is 13.2 Å². The minimum absolute atomic E-state index is 0.0804. The number of thioether (sulfide) groups is 1. The van der Waals surface area contributed by atoms with Crippen LogP contribution < -0.4 is 0 Å². The van der Waals surface area contributed by atoms with Gasteiger partial charge in [-0.3, -0.25) is 0 Å². The summed E-state index contributed by atoms with van der Waals surface area (Å²) in [5, 5.41) is 9.86. The van der Waals surface area contributed by atoms with Crippen molar-refractivity contribution in [2.75, 3.05) is 25.4 Å². The summed E-state index contributed by atoms with van der Waals surface area (Å²) in [5.74, 6) is 3.30. The molecule has 0 spiro atoms. The van der Waals surface area contributed by atoms with Crippen molar-refractivity contribution in [3.63, 3.8) is 0 Å². The molecule has 0 amide bonds. The number of hydrogen-bond acceptors (Lipinski definition) is 4. The second kappa shape index (κ2) is 8.10. The van der Waals surface area contributed by atoms with Crippen molar-refractivity contribution in [1.29, 1.82) is 0 Å². The van der Waals surface area contributed by atoms with Gasteiger partial charge in [-0.05, 0) is 55.8 Å². The first-order valence-electron chi connectivity index (χ1n) is 11.3. The highest BCUT2D eigenvalue weighted by Crippen LogP contribution is 2.59. The standard InChI is InChI=1S/C23H29F3N4S/c1-29-20(16-5-2-3-6-16)27-28-21(29)31-12-4-11-30-14-19-13-22(19,15-30)17-7-9-18(10-8-17)23(24,25)26/h7-10,16,19H,2-6,11-15H2,1H3/t19?,22-/m1/s1. The molecule has 0 radical (unpaired) electrons. The number of piperidine rings is 1. The molecule has 4 nitrogen and oxygen atoms in total. The number of aromatic nitrogens is 3. The van der Waals surface area contributed by atoms with E-state index >= 15 is 0 Å². The normalized spacial score (nSPS) is 26.5. The quantitative estimate of drug-likeness (QED) is 0.426. The Bertz CT molecular complexity index is 920. The first kappa shape index (κ1) is 21.3. The van der Waals surface area contributed by atoms with E-state index in [1.165, 1.54) is 37.8 Å². The number of rotatable bonds is 7. The number of benzene rings is 1. The predicted octanol–water partition coefficient (Wildman–Crippen LogP) is 5.25. The molecular formula is C23H29F3N4S. The van der Waals surface area contributed by atoms with E-state index in [2.05, 4.69) is 26.7 Å². The number of fused-ring (bicyclic) bond motifs is 1. The zero-order chi connectivity index (χ0) is 21.6. The minimum atomic E-state index is -4.26. The van der Waals surface area contributed by atoms with E-state index in [-0.39, 0.29) is 5.41 Å². The first-order chi connectivity index (χ1) is 14.9. The molecule has 2 atom stereocenters. The molecule has 8 heteroatoms. The highest BCUT2D eigenvalue weighted by Gasteiger charge is 2.60. The molecular weight excluding hydrogens is 421 g/mol. The molecule has 3 fully saturated rings. The summed E-state index contributed by atoms with van der Waals surface area (Å²) in [6.45, 7) is 3.05. The van der Waals surface area contributed by atoms with Crippen LogP contribution in [0.15, 0.2) is 29.4 Å². The van der Waals surface area contributed by atoms with Crippen molar-refractivity contribution in [3.8, 4) is 0 Å². The van der Waals surface area contributed by atoms with Crippen LogP contribution in [0.5, 0.6) is 0 Å². The maximum Gasteiger partial charge on any atom is 0.416 e. The Morgan fingerprint density at radius 1 is 1.13 bits per heavy atom. The van der Waals surface area contributed by atoms with Crippen molar-refractivity contribution < 1.29 is 13.2 Å². The molecule has 1 unspecified atom stereocenters. The van der Waals surface area contributed by atoms with Gasteiger partial charge in [0.1, 0.15) is 5.82 Å². The summed E-state index contributed by atoms with van der Waals surface area (Å²) in [5.41, 5.74) is 0.592. The molecule has 1 aromatic carbocycles. The number of halogens is 3. The fourth-order valence-corrected chi connectivity index (χ4v) is 6.48. The van der Waals surface area contributed by atoms with Crippen molar-refractivity contribution >= 4 is 11.8 Å². The second-order valence-corrected chi connectivity index (χ2v) is 10.5. The van der Waals surface area contributed by atoms with Gasteiger partial charge in [-0.25, -0.2) is 0 Å². The lowest BCUT2D eigenvalue weighted by atomic mass is 9.94. The van der Waals surface area contributed by atoms with Crippen molar-refractivity contribution in [1.82, 2.24) is 19.7 Å². The maximum absolute atomic E-state index is 12.8. The Hall–Kier alpha value is -1.54. The number of nitrogens with zero attached hydrogens (tertiary/aromatic N) is 4. The van der Waals surface area contributed by atoms with Crippen molar-refractivity contribution in [2.24, 2.45) is 13.0 Å². The van der Waals surface area contributed by atoms with Crippen LogP contribution in [0, 0.1) is 5.92 Å². The van der Waals surface area contributed by atoms with Gasteiger partial charge in [-0.2, -0.15) is 13.2 Å². The maximum atomic E-state index is 12.8. The molecule has 5 rings (SSSR count). The summed E-state index contributed by atoms with van der Waals surface area (Å²) in [4.78, 5) is 2.48. The average Bonchev–Trinajstić information content (AvgIpc) is 3.15. The lowest BCUT2D eigenvalue weighted by molar-refractivity contribution is -0.137. The number of hydrogen-bond donors (Lipinski definition) is 0. The van der Waals surface area contributed by atoms with Gasteiger partial charge < -0.3 is 9.47 Å². The highest BCUT2D eigenvalue weighted by molar-refractivity contribution is 7.99. The summed E-state index contributed by atoms with van der Waals surface area (Å²) in [6, 6.07) is 5.86. The number of likely N-dealkylation sites (tertiary alicyclic amines) is 1. The van der Waals surface area contributed by atoms with E-state index in [9.17, 15) is 13.2 Å². The van der Waals surface area contributed by atoms with Crippen LogP contribution in [0.2, 0.25) is 0 Å². The van der Waals surface area contributed by atoms with E-state index in [1.54, 1.807) is 23.9 Å². The Kier molecular flexibility index (Phi) is 5.57. The SMILES string of the molecule is Cn1c(SCCCN2CC3C[C@]3(c3ccc(C(F)(F)F)cc3)C2)nnc1C1CCCC1. The third-order valence-corrected chi connectivity index (χ3v) is 8.55. The molecule has 2 heterocycles. The zero-order valence-corrected chi connectivity index (χ0v) is 18.7. The van der Waals surface area contributed by atoms with Crippen LogP contribution in [0.3, 0.4) is 0 Å². The van der Waals surface area contributed by atoms with Crippen LogP contribution in [-0.4, -0.2) is 45.1 Å². The topological polar surface area (TPSA) is 34.0 Å². The van der Waals surface area contributed by atoms with E-state index in [0.29, 0.717) is 11.8 Å². The summed E-state index contributed by atoms with van der Waals surface area (Å²) in [6.07, 6.45) is 2.97. The van der Waals surface area contributed by atoms with Gasteiger partial charge in [0.25, 0.3) is 0 Å². The zero-order valence-electron chi connectivity index (χ0n) is 17.9. The predicted molar refractivity (Wildman–Crippen MR) is 115 cm³/mol. The van der Waals surface area contributed by atoms with Gasteiger partial charge in [0, 0.05) is 37.2 Å². The fraction of sp³-hybridized carbons (Fsp3) is 0.652. The molecule has 1 aliphatic heterocycles. The van der Waals surface area contributed by atoms with E-state index in [1.807, 2.05) is 0 Å². The monoisotopic (exact) mass is 450 g/mol. The molecule has 0 N–H and O–H groups in total. The summed E-state index contributed by atoms with van der Waals surface area (Å²) >= 11 is 1.78. The van der Waals surface area contributed by atoms with Crippen LogP contribution >= 0.6 is 11.8 Å². The van der Waals surface area contributed by atoms with Gasteiger partial charge in [0.2, 0.25) is 0 Å². The molecule has 2 saturated carbocycles. The van der Waals surface area contributed by atoms with E-state index in [0.717, 1.165) is 54.8 Å². The van der Waals surface area contributed by atoms with E-state index < -0.39 is 11.7 Å². The smallest absolute Gasteiger partial charge is 0.309 e. The average molecular weight is 451 g/mol. The molecule has 1 saturated heterocycles. The molecule has 168 valence electrons. The Morgan fingerprint density at radius 3 is 2.58 bits per heavy atom. The summed E-state index contributed by atoms with van der Waals surface area (Å²) < 4.78 is 40.7. The minimum Gasteiger partial charge on any atom is -0.309 e. The third kappa shape index (κ3) is 4.13. The van der Waals surface area contributed by atoms with Gasteiger partial charge in [0.05, 0.1) is 5.56 Å². The third-order valence-electron chi connectivity index (χ3n) is 7.44. The lowest BCUT2D eigenvalue weighted by Gasteiger charge is -2.21. The van der Waals surface area contributed by atoms with Crippen LogP contribution in [-0.2, 0) is 18.6 Å². The van der Waals surface area contributed by atoms with Crippen molar-refractivity contribution in [2.45, 2.75) is 61.2 Å². The van der Waals surface area contributed by atoms with E-state index in [4.69, 9.17) is 0 Å². The fourth-order valence-electron chi connectivity index (χ4n) is 5.64. The van der Waals surface area contributed by atoms with Gasteiger partial charge >= 0.3 is 6.18 Å². The molecule has 3 aliphatic rings. The first-order valence-corrected chi connectivity index (χ1v) is 12.3. The van der Waals surface area contributed by atoms with Gasteiger partial charge in [-0.15, -0.1) is 10.2 Å². The van der Waals surface area contributed by atoms with Crippen molar-refractivity contribution in [3.05, 3.63) is 41.2 Å². The second-order valence-electron chi connectivity index (χ2n) is 9.45. The van der Waals surface area contributed by atoms with Gasteiger partial charge in [0.15, 0.2) is 5.16 Å². The number of alkyl halides is 3. The Balaban J connectivity index is 1.10. The summed E-state index contributed by atoms with van der Waals surface area (Å²) in [7, 11) is 2.08. The Labute approximate surface area is 185 Å². The highest BCUT2D eigenvalue weighted by atomic mass is 32.2. The molecule has 2 aromatic rings. The van der Waals surface area contributed by atoms with Crippen LogP contribution in [0.25, 0.3) is 0 Å². The largest absolute Gasteiger partial charge is 0.416 e.